The SMILES string of the molecule is N#CC(C#N)=C(C#N)c1ccc(N(CCS)CCCS)cc1. The summed E-state index contributed by atoms with van der Waals surface area (Å²) in [6.45, 7) is 1.70. The zero-order valence-electron chi connectivity index (χ0n) is 12.0. The third-order valence-corrected chi connectivity index (χ3v) is 3.58. The van der Waals surface area contributed by atoms with Crippen molar-refractivity contribution in [3.63, 3.8) is 0 Å². The minimum atomic E-state index is -0.169. The molecule has 0 radical (unpaired) electrons. The molecule has 0 atom stereocenters. The molecular weight excluding hydrogens is 312 g/mol. The molecule has 0 N–H and O–H groups in total. The molecule has 0 aliphatic carbocycles. The van der Waals surface area contributed by atoms with E-state index in [0.717, 1.165) is 36.7 Å². The van der Waals surface area contributed by atoms with Gasteiger partial charge in [-0.2, -0.15) is 41.0 Å². The molecule has 22 heavy (non-hydrogen) atoms. The van der Waals surface area contributed by atoms with Crippen LogP contribution in [0.2, 0.25) is 0 Å². The van der Waals surface area contributed by atoms with Crippen LogP contribution in [-0.4, -0.2) is 24.6 Å². The molecule has 1 aromatic carbocycles. The van der Waals surface area contributed by atoms with Gasteiger partial charge in [0.1, 0.15) is 23.8 Å². The van der Waals surface area contributed by atoms with Gasteiger partial charge in [0.05, 0.1) is 5.57 Å². The number of hydrogen-bond acceptors (Lipinski definition) is 6. The van der Waals surface area contributed by atoms with Gasteiger partial charge in [0, 0.05) is 24.5 Å². The number of nitrogens with zero attached hydrogens (tertiary/aromatic N) is 4. The number of thiol groups is 2. The normalized spacial score (nSPS) is 9.23. The highest BCUT2D eigenvalue weighted by molar-refractivity contribution is 7.80. The van der Waals surface area contributed by atoms with Crippen molar-refractivity contribution in [1.29, 1.82) is 15.8 Å². The minimum absolute atomic E-state index is 0.104. The zero-order chi connectivity index (χ0) is 16.4. The Labute approximate surface area is 142 Å². The molecule has 0 saturated carbocycles. The first kappa shape index (κ1) is 18.0. The van der Waals surface area contributed by atoms with Crippen LogP contribution in [0.5, 0.6) is 0 Å². The van der Waals surface area contributed by atoms with Crippen molar-refractivity contribution in [2.75, 3.05) is 29.5 Å². The molecule has 0 aliphatic heterocycles. The van der Waals surface area contributed by atoms with Crippen LogP contribution in [0.25, 0.3) is 5.57 Å². The van der Waals surface area contributed by atoms with Gasteiger partial charge < -0.3 is 4.90 Å². The van der Waals surface area contributed by atoms with E-state index in [9.17, 15) is 0 Å². The van der Waals surface area contributed by atoms with Crippen LogP contribution in [0, 0.1) is 34.0 Å². The molecule has 1 rings (SSSR count). The van der Waals surface area contributed by atoms with E-state index in [4.69, 9.17) is 15.8 Å². The summed E-state index contributed by atoms with van der Waals surface area (Å²) >= 11 is 8.50. The highest BCUT2D eigenvalue weighted by atomic mass is 32.1. The summed E-state index contributed by atoms with van der Waals surface area (Å²) in [5.74, 6) is 1.56. The van der Waals surface area contributed by atoms with E-state index in [1.807, 2.05) is 18.2 Å². The van der Waals surface area contributed by atoms with Crippen LogP contribution in [0.3, 0.4) is 0 Å². The molecule has 0 spiro atoms. The van der Waals surface area contributed by atoms with Crippen molar-refractivity contribution < 1.29 is 0 Å². The lowest BCUT2D eigenvalue weighted by molar-refractivity contribution is 0.803. The lowest BCUT2D eigenvalue weighted by atomic mass is 10.0. The number of hydrogen-bond donors (Lipinski definition) is 2. The van der Waals surface area contributed by atoms with Gasteiger partial charge in [-0.25, -0.2) is 0 Å². The average molecular weight is 328 g/mol. The fourth-order valence-corrected chi connectivity index (χ4v) is 2.38. The van der Waals surface area contributed by atoms with Gasteiger partial charge >= 0.3 is 0 Å². The van der Waals surface area contributed by atoms with Gasteiger partial charge in [-0.05, 0) is 29.9 Å². The topological polar surface area (TPSA) is 74.6 Å². The maximum Gasteiger partial charge on any atom is 0.148 e. The van der Waals surface area contributed by atoms with Crippen molar-refractivity contribution in [2.24, 2.45) is 0 Å². The standard InChI is InChI=1S/C16H16N4S2/c17-10-14(11-18)16(12-19)13-2-4-15(5-3-13)20(7-9-22)6-1-8-21/h2-5,21-22H,1,6-9H2. The Balaban J connectivity index is 3.08. The fraction of sp³-hybridized carbons (Fsp3) is 0.312. The van der Waals surface area contributed by atoms with Gasteiger partial charge in [-0.1, -0.05) is 12.1 Å². The first-order chi connectivity index (χ1) is 10.7. The quantitative estimate of drug-likeness (QED) is 0.596. The second kappa shape index (κ2) is 9.79. The first-order valence-electron chi connectivity index (χ1n) is 6.73. The van der Waals surface area contributed by atoms with Crippen LogP contribution in [-0.2, 0) is 0 Å². The molecule has 4 nitrogen and oxygen atoms in total. The maximum atomic E-state index is 9.15. The van der Waals surface area contributed by atoms with E-state index in [0.29, 0.717) is 5.56 Å². The van der Waals surface area contributed by atoms with Gasteiger partial charge in [0.15, 0.2) is 0 Å². The zero-order valence-corrected chi connectivity index (χ0v) is 13.8. The van der Waals surface area contributed by atoms with Crippen LogP contribution < -0.4 is 4.90 Å². The molecule has 0 aliphatic rings. The largest absolute Gasteiger partial charge is 0.371 e. The minimum Gasteiger partial charge on any atom is -0.371 e. The molecule has 1 aromatic rings. The highest BCUT2D eigenvalue weighted by Gasteiger charge is 2.10. The molecule has 0 heterocycles. The summed E-state index contributed by atoms with van der Waals surface area (Å²) in [6, 6.07) is 12.7. The summed E-state index contributed by atoms with van der Waals surface area (Å²) in [6.07, 6.45) is 0.967. The van der Waals surface area contributed by atoms with Crippen molar-refractivity contribution in [1.82, 2.24) is 0 Å². The van der Waals surface area contributed by atoms with E-state index >= 15 is 0 Å². The summed E-state index contributed by atoms with van der Waals surface area (Å²) < 4.78 is 0. The molecule has 0 aromatic heterocycles. The maximum absolute atomic E-state index is 9.15. The lowest BCUT2D eigenvalue weighted by Crippen LogP contribution is -2.26. The molecule has 0 unspecified atom stereocenters. The Hall–Kier alpha value is -2.07. The van der Waals surface area contributed by atoms with E-state index in [-0.39, 0.29) is 11.1 Å². The van der Waals surface area contributed by atoms with Crippen molar-refractivity contribution in [3.8, 4) is 18.2 Å². The average Bonchev–Trinajstić information content (AvgIpc) is 2.56. The van der Waals surface area contributed by atoms with E-state index in [2.05, 4.69) is 30.2 Å². The summed E-state index contributed by atoms with van der Waals surface area (Å²) in [4.78, 5) is 2.19. The molecule has 112 valence electrons. The number of allylic oxidation sites excluding steroid dienone is 2. The number of benzene rings is 1. The van der Waals surface area contributed by atoms with Crippen LogP contribution in [0.15, 0.2) is 29.8 Å². The van der Waals surface area contributed by atoms with Gasteiger partial charge in [-0.3, -0.25) is 0 Å². The lowest BCUT2D eigenvalue weighted by Gasteiger charge is -2.24. The third kappa shape index (κ3) is 4.74. The summed E-state index contributed by atoms with van der Waals surface area (Å²) in [5, 5.41) is 26.9. The molecule has 0 bridgehead atoms. The van der Waals surface area contributed by atoms with E-state index in [1.54, 1.807) is 24.3 Å². The smallest absolute Gasteiger partial charge is 0.148 e. The van der Waals surface area contributed by atoms with Gasteiger partial charge in [0.2, 0.25) is 0 Å². The molecular formula is C16H16N4S2. The molecule has 6 heteroatoms. The monoisotopic (exact) mass is 328 g/mol. The number of rotatable bonds is 7. The van der Waals surface area contributed by atoms with E-state index in [1.165, 1.54) is 0 Å². The second-order valence-electron chi connectivity index (χ2n) is 4.42. The molecule has 0 amide bonds. The molecule has 0 saturated heterocycles. The van der Waals surface area contributed by atoms with Gasteiger partial charge in [-0.15, -0.1) is 0 Å². The Kier molecular flexibility index (Phi) is 8.00. The Morgan fingerprint density at radius 1 is 0.909 bits per heavy atom. The van der Waals surface area contributed by atoms with Crippen LogP contribution in [0.1, 0.15) is 12.0 Å². The number of anilines is 1. The second-order valence-corrected chi connectivity index (χ2v) is 5.31. The fourth-order valence-electron chi connectivity index (χ4n) is 1.99. The summed E-state index contributed by atoms with van der Waals surface area (Å²) in [7, 11) is 0. The van der Waals surface area contributed by atoms with Gasteiger partial charge in [0.25, 0.3) is 0 Å². The predicted molar refractivity (Wildman–Crippen MR) is 94.7 cm³/mol. The Bertz CT molecular complexity index is 629. The van der Waals surface area contributed by atoms with E-state index < -0.39 is 0 Å². The Morgan fingerprint density at radius 2 is 1.55 bits per heavy atom. The van der Waals surface area contributed by atoms with Crippen molar-refractivity contribution in [3.05, 3.63) is 35.4 Å². The predicted octanol–water partition coefficient (Wildman–Crippen LogP) is 3.07. The summed E-state index contributed by atoms with van der Waals surface area (Å²) in [5.41, 5.74) is 1.53. The molecule has 0 fully saturated rings. The Morgan fingerprint density at radius 3 is 2.00 bits per heavy atom. The van der Waals surface area contributed by atoms with Crippen molar-refractivity contribution >= 4 is 36.5 Å². The van der Waals surface area contributed by atoms with Crippen LogP contribution in [0.4, 0.5) is 5.69 Å². The highest BCUT2D eigenvalue weighted by Crippen LogP contribution is 2.22. The first-order valence-corrected chi connectivity index (χ1v) is 8.00. The van der Waals surface area contributed by atoms with Crippen molar-refractivity contribution in [2.45, 2.75) is 6.42 Å². The van der Waals surface area contributed by atoms with Crippen LogP contribution >= 0.6 is 25.3 Å². The number of nitriles is 3. The third-order valence-electron chi connectivity index (χ3n) is 3.06.